The Bertz CT molecular complexity index is 470. The summed E-state index contributed by atoms with van der Waals surface area (Å²) < 4.78 is 1.33. The number of hydrogen-bond donors (Lipinski definition) is 2. The molecule has 1 rings (SSSR count). The van der Waals surface area contributed by atoms with Crippen LogP contribution in [0.25, 0.3) is 0 Å². The number of nitrogens with one attached hydrogen (secondary N) is 1. The Morgan fingerprint density at radius 2 is 2.16 bits per heavy atom. The molecule has 19 heavy (non-hydrogen) atoms. The molecule has 0 saturated heterocycles. The number of aliphatic hydroxyl groups is 1. The van der Waals surface area contributed by atoms with Gasteiger partial charge in [-0.05, 0) is 26.7 Å². The highest BCUT2D eigenvalue weighted by atomic mass is 16.6. The van der Waals surface area contributed by atoms with Crippen molar-refractivity contribution in [2.45, 2.75) is 33.2 Å². The summed E-state index contributed by atoms with van der Waals surface area (Å²) in [4.78, 5) is 21.9. The van der Waals surface area contributed by atoms with Crippen molar-refractivity contribution < 1.29 is 14.8 Å². The van der Waals surface area contributed by atoms with Crippen LogP contribution in [0.2, 0.25) is 0 Å². The second-order valence-electron chi connectivity index (χ2n) is 4.21. The third-order valence-electron chi connectivity index (χ3n) is 2.73. The van der Waals surface area contributed by atoms with Gasteiger partial charge in [0, 0.05) is 13.2 Å². The number of nitro groups is 1. The number of aromatic nitrogens is 2. The molecule has 0 unspecified atom stereocenters. The summed E-state index contributed by atoms with van der Waals surface area (Å²) in [6.07, 6.45) is 1.32. The molecule has 0 fully saturated rings. The molecule has 8 heteroatoms. The molecule has 0 saturated carbocycles. The van der Waals surface area contributed by atoms with E-state index < -0.39 is 4.92 Å². The van der Waals surface area contributed by atoms with Crippen molar-refractivity contribution in [2.75, 3.05) is 13.2 Å². The van der Waals surface area contributed by atoms with Crippen molar-refractivity contribution in [3.63, 3.8) is 0 Å². The predicted molar refractivity (Wildman–Crippen MR) is 67.7 cm³/mol. The van der Waals surface area contributed by atoms with Gasteiger partial charge in [-0.3, -0.25) is 19.6 Å². The summed E-state index contributed by atoms with van der Waals surface area (Å²) in [5.41, 5.74) is 0.622. The molecule has 1 heterocycles. The first-order valence-electron chi connectivity index (χ1n) is 6.03. The Labute approximate surface area is 110 Å². The normalized spacial score (nSPS) is 10.5. The molecule has 0 aliphatic rings. The third-order valence-corrected chi connectivity index (χ3v) is 2.73. The largest absolute Gasteiger partial charge is 0.396 e. The molecule has 0 bridgehead atoms. The molecule has 0 aliphatic heterocycles. The first-order valence-corrected chi connectivity index (χ1v) is 6.03. The van der Waals surface area contributed by atoms with E-state index in [2.05, 4.69) is 10.4 Å². The van der Waals surface area contributed by atoms with Crippen molar-refractivity contribution in [1.82, 2.24) is 15.1 Å². The standard InChI is InChI=1S/C11H18N4O4/c1-8-11(15(18)19)9(2)14(13-8)7-10(17)12-5-3-4-6-16/h16H,3-7H2,1-2H3,(H,12,17). The van der Waals surface area contributed by atoms with Crippen molar-refractivity contribution in [3.8, 4) is 0 Å². The number of nitrogens with zero attached hydrogens (tertiary/aromatic N) is 3. The van der Waals surface area contributed by atoms with Crippen LogP contribution < -0.4 is 5.32 Å². The highest BCUT2D eigenvalue weighted by Gasteiger charge is 2.22. The number of aliphatic hydroxyl groups excluding tert-OH is 1. The Morgan fingerprint density at radius 1 is 1.47 bits per heavy atom. The number of amides is 1. The zero-order chi connectivity index (χ0) is 14.4. The van der Waals surface area contributed by atoms with Gasteiger partial charge in [-0.15, -0.1) is 0 Å². The maximum Gasteiger partial charge on any atom is 0.312 e. The lowest BCUT2D eigenvalue weighted by atomic mass is 10.3. The second-order valence-corrected chi connectivity index (χ2v) is 4.21. The van der Waals surface area contributed by atoms with Crippen molar-refractivity contribution in [3.05, 3.63) is 21.5 Å². The molecule has 106 valence electrons. The van der Waals surface area contributed by atoms with Gasteiger partial charge in [0.2, 0.25) is 5.91 Å². The van der Waals surface area contributed by atoms with Gasteiger partial charge in [-0.25, -0.2) is 0 Å². The number of carbonyl (C=O) groups excluding carboxylic acids is 1. The van der Waals surface area contributed by atoms with Gasteiger partial charge in [0.05, 0.1) is 4.92 Å². The van der Waals surface area contributed by atoms with Gasteiger partial charge in [-0.1, -0.05) is 0 Å². The number of rotatable bonds is 7. The van der Waals surface area contributed by atoms with Crippen molar-refractivity contribution in [1.29, 1.82) is 0 Å². The van der Waals surface area contributed by atoms with Crippen LogP contribution in [0, 0.1) is 24.0 Å². The number of hydrogen-bond acceptors (Lipinski definition) is 5. The Hall–Kier alpha value is -1.96. The fourth-order valence-corrected chi connectivity index (χ4v) is 1.76. The van der Waals surface area contributed by atoms with Gasteiger partial charge in [0.15, 0.2) is 0 Å². The average Bonchev–Trinajstić information content (AvgIpc) is 2.60. The molecular formula is C11H18N4O4. The maximum absolute atomic E-state index is 11.6. The van der Waals surface area contributed by atoms with Crippen LogP contribution in [0.15, 0.2) is 0 Å². The van der Waals surface area contributed by atoms with Gasteiger partial charge >= 0.3 is 5.69 Å². The second kappa shape index (κ2) is 6.83. The lowest BCUT2D eigenvalue weighted by Gasteiger charge is -2.05. The molecule has 0 atom stereocenters. The first-order chi connectivity index (χ1) is 8.97. The smallest absolute Gasteiger partial charge is 0.312 e. The molecule has 8 nitrogen and oxygen atoms in total. The van der Waals surface area contributed by atoms with E-state index in [9.17, 15) is 14.9 Å². The minimum atomic E-state index is -0.493. The Kier molecular flexibility index (Phi) is 5.43. The molecule has 0 radical (unpaired) electrons. The van der Waals surface area contributed by atoms with Crippen LogP contribution in [0.3, 0.4) is 0 Å². The number of carbonyl (C=O) groups is 1. The summed E-state index contributed by atoms with van der Waals surface area (Å²) >= 11 is 0. The van der Waals surface area contributed by atoms with Gasteiger partial charge in [0.1, 0.15) is 17.9 Å². The SMILES string of the molecule is Cc1nn(CC(=O)NCCCCO)c(C)c1[N+](=O)[O-]. The van der Waals surface area contributed by atoms with Crippen molar-refractivity contribution >= 4 is 11.6 Å². The topological polar surface area (TPSA) is 110 Å². The number of aryl methyl sites for hydroxylation is 1. The number of unbranched alkanes of at least 4 members (excludes halogenated alkanes) is 1. The maximum atomic E-state index is 11.6. The van der Waals surface area contributed by atoms with Gasteiger partial charge < -0.3 is 10.4 Å². The average molecular weight is 270 g/mol. The van der Waals surface area contributed by atoms with E-state index in [0.717, 1.165) is 0 Å². The summed E-state index contributed by atoms with van der Waals surface area (Å²) in [5, 5.41) is 26.1. The lowest BCUT2D eigenvalue weighted by Crippen LogP contribution is -2.29. The molecule has 1 amide bonds. The molecule has 0 aromatic carbocycles. The van der Waals surface area contributed by atoms with Crippen LogP contribution in [0.5, 0.6) is 0 Å². The summed E-state index contributed by atoms with van der Waals surface area (Å²) in [5.74, 6) is -0.251. The van der Waals surface area contributed by atoms with E-state index in [1.165, 1.54) is 4.68 Å². The predicted octanol–water partition coefficient (Wildman–Crippen LogP) is 0.297. The molecule has 2 N–H and O–H groups in total. The first kappa shape index (κ1) is 15.1. The van der Waals surface area contributed by atoms with Crippen molar-refractivity contribution in [2.24, 2.45) is 0 Å². The molecular weight excluding hydrogens is 252 g/mol. The van der Waals surface area contributed by atoms with Gasteiger partial charge in [0.25, 0.3) is 0 Å². The van der Waals surface area contributed by atoms with Crippen LogP contribution in [0.1, 0.15) is 24.2 Å². The minimum absolute atomic E-state index is 0.0420. The zero-order valence-electron chi connectivity index (χ0n) is 11.0. The quantitative estimate of drug-likeness (QED) is 0.420. The molecule has 1 aromatic rings. The summed E-state index contributed by atoms with van der Waals surface area (Å²) in [7, 11) is 0. The molecule has 0 aliphatic carbocycles. The fourth-order valence-electron chi connectivity index (χ4n) is 1.76. The fraction of sp³-hybridized carbons (Fsp3) is 0.636. The van der Waals surface area contributed by atoms with E-state index in [0.29, 0.717) is 30.8 Å². The lowest BCUT2D eigenvalue weighted by molar-refractivity contribution is -0.386. The minimum Gasteiger partial charge on any atom is -0.396 e. The van der Waals surface area contributed by atoms with E-state index in [4.69, 9.17) is 5.11 Å². The zero-order valence-corrected chi connectivity index (χ0v) is 11.0. The summed E-state index contributed by atoms with van der Waals surface area (Å²) in [6.45, 7) is 3.64. The molecule has 0 spiro atoms. The Balaban J connectivity index is 2.60. The van der Waals surface area contributed by atoms with E-state index in [1.54, 1.807) is 13.8 Å². The van der Waals surface area contributed by atoms with Crippen LogP contribution in [-0.2, 0) is 11.3 Å². The van der Waals surface area contributed by atoms with Crippen LogP contribution >= 0.6 is 0 Å². The summed E-state index contributed by atoms with van der Waals surface area (Å²) in [6, 6.07) is 0. The monoisotopic (exact) mass is 270 g/mol. The van der Waals surface area contributed by atoms with Crippen LogP contribution in [-0.4, -0.2) is 38.9 Å². The van der Waals surface area contributed by atoms with E-state index >= 15 is 0 Å². The Morgan fingerprint density at radius 3 is 2.68 bits per heavy atom. The van der Waals surface area contributed by atoms with Gasteiger partial charge in [-0.2, -0.15) is 5.10 Å². The third kappa shape index (κ3) is 4.02. The highest BCUT2D eigenvalue weighted by Crippen LogP contribution is 2.21. The van der Waals surface area contributed by atoms with E-state index in [-0.39, 0.29) is 24.7 Å². The molecule has 1 aromatic heterocycles. The van der Waals surface area contributed by atoms with E-state index in [1.807, 2.05) is 0 Å². The highest BCUT2D eigenvalue weighted by molar-refractivity contribution is 5.75. The van der Waals surface area contributed by atoms with Crippen LogP contribution in [0.4, 0.5) is 5.69 Å².